The molecule has 134 valence electrons. The lowest BCUT2D eigenvalue weighted by Crippen LogP contribution is -2.56. The van der Waals surface area contributed by atoms with Crippen LogP contribution in [0.4, 0.5) is 4.39 Å². The van der Waals surface area contributed by atoms with Gasteiger partial charge in [-0.2, -0.15) is 0 Å². The molecule has 0 unspecified atom stereocenters. The Morgan fingerprint density at radius 2 is 2.32 bits per heavy atom. The quantitative estimate of drug-likeness (QED) is 0.853. The van der Waals surface area contributed by atoms with E-state index in [2.05, 4.69) is 4.98 Å². The number of halogens is 1. The van der Waals surface area contributed by atoms with Gasteiger partial charge in [-0.15, -0.1) is 11.3 Å². The second-order valence-corrected chi connectivity index (χ2v) is 7.58. The molecular formula is C18H21FN2O3S. The molecule has 1 aromatic carbocycles. The van der Waals surface area contributed by atoms with E-state index in [1.807, 2.05) is 11.8 Å². The average Bonchev–Trinajstić information content (AvgIpc) is 2.95. The van der Waals surface area contributed by atoms with E-state index >= 15 is 0 Å². The van der Waals surface area contributed by atoms with E-state index in [-0.39, 0.29) is 13.0 Å². The number of aliphatic hydroxyl groups excluding tert-OH is 1. The third-order valence-electron chi connectivity index (χ3n) is 4.91. The number of thiazole rings is 1. The molecule has 0 amide bonds. The molecule has 0 aliphatic carbocycles. The summed E-state index contributed by atoms with van der Waals surface area (Å²) in [6.07, 6.45) is -0.495. The number of rotatable bonds is 5. The number of likely N-dealkylation sites (tertiary alicyclic amines) is 1. The van der Waals surface area contributed by atoms with Crippen LogP contribution in [0.25, 0.3) is 0 Å². The summed E-state index contributed by atoms with van der Waals surface area (Å²) in [4.78, 5) is 19.5. The van der Waals surface area contributed by atoms with Gasteiger partial charge in [-0.3, -0.25) is 9.69 Å². The molecule has 2 atom stereocenters. The lowest BCUT2D eigenvalue weighted by molar-refractivity contribution is -0.163. The fraction of sp³-hybridized carbons (Fsp3) is 0.444. The van der Waals surface area contributed by atoms with E-state index < -0.39 is 23.3 Å². The van der Waals surface area contributed by atoms with Crippen molar-refractivity contribution < 1.29 is 19.4 Å². The van der Waals surface area contributed by atoms with Crippen molar-refractivity contribution in [2.75, 3.05) is 13.1 Å². The number of carboxylic acid groups (broad SMARTS) is 1. The molecule has 1 aliphatic heterocycles. The highest BCUT2D eigenvalue weighted by Crippen LogP contribution is 2.36. The molecule has 2 N–H and O–H groups in total. The van der Waals surface area contributed by atoms with Crippen molar-refractivity contribution in [2.24, 2.45) is 5.41 Å². The Labute approximate surface area is 149 Å². The Hall–Kier alpha value is -1.83. The number of aliphatic hydroxyl groups is 1. The van der Waals surface area contributed by atoms with Crippen LogP contribution in [0, 0.1) is 18.2 Å². The molecule has 1 aromatic heterocycles. The molecule has 5 nitrogen and oxygen atoms in total. The lowest BCUT2D eigenvalue weighted by atomic mass is 9.73. The number of aliphatic carboxylic acids is 1. The van der Waals surface area contributed by atoms with Crippen LogP contribution in [0.5, 0.6) is 0 Å². The third-order valence-corrected chi connectivity index (χ3v) is 5.83. The smallest absolute Gasteiger partial charge is 0.313 e. The number of nitrogens with zero attached hydrogens (tertiary/aromatic N) is 2. The van der Waals surface area contributed by atoms with Gasteiger partial charge in [0.25, 0.3) is 0 Å². The molecule has 7 heteroatoms. The first-order valence-corrected chi connectivity index (χ1v) is 9.06. The van der Waals surface area contributed by atoms with Crippen LogP contribution in [0.2, 0.25) is 0 Å². The zero-order chi connectivity index (χ0) is 18.0. The molecule has 1 aliphatic rings. The number of carboxylic acids is 1. The van der Waals surface area contributed by atoms with Gasteiger partial charge in [-0.05, 0) is 37.5 Å². The van der Waals surface area contributed by atoms with Crippen LogP contribution in [0.1, 0.15) is 22.6 Å². The summed E-state index contributed by atoms with van der Waals surface area (Å²) in [6.45, 7) is 3.39. The van der Waals surface area contributed by atoms with E-state index in [0.29, 0.717) is 25.1 Å². The largest absolute Gasteiger partial charge is 0.481 e. The third kappa shape index (κ3) is 3.73. The summed E-state index contributed by atoms with van der Waals surface area (Å²) < 4.78 is 13.5. The number of carbonyl (C=O) groups is 1. The van der Waals surface area contributed by atoms with Gasteiger partial charge in [0.15, 0.2) is 0 Å². The van der Waals surface area contributed by atoms with Crippen LogP contribution >= 0.6 is 11.3 Å². The number of hydrogen-bond donors (Lipinski definition) is 2. The summed E-state index contributed by atoms with van der Waals surface area (Å²) in [5, 5.41) is 20.4. The highest BCUT2D eigenvalue weighted by molar-refractivity contribution is 7.09. The zero-order valence-electron chi connectivity index (χ0n) is 14.0. The normalized spacial score (nSPS) is 24.4. The maximum Gasteiger partial charge on any atom is 0.313 e. The summed E-state index contributed by atoms with van der Waals surface area (Å²) in [7, 11) is 0. The van der Waals surface area contributed by atoms with Gasteiger partial charge in [0, 0.05) is 24.5 Å². The Balaban J connectivity index is 1.85. The molecular weight excluding hydrogens is 343 g/mol. The van der Waals surface area contributed by atoms with Gasteiger partial charge in [0.1, 0.15) is 11.2 Å². The number of piperidine rings is 1. The predicted octanol–water partition coefficient (Wildman–Crippen LogP) is 2.47. The first kappa shape index (κ1) is 18.0. The van der Waals surface area contributed by atoms with Gasteiger partial charge in [-0.25, -0.2) is 9.37 Å². The summed E-state index contributed by atoms with van der Waals surface area (Å²) in [5.74, 6) is -1.45. The summed E-state index contributed by atoms with van der Waals surface area (Å²) >= 11 is 1.55. The van der Waals surface area contributed by atoms with Crippen LogP contribution in [0.15, 0.2) is 29.8 Å². The van der Waals surface area contributed by atoms with E-state index in [1.165, 1.54) is 12.1 Å². The molecule has 3 rings (SSSR count). The number of hydrogen-bond acceptors (Lipinski definition) is 5. The standard InChI is InChI=1S/C18H21FN2O3S/c1-12-15(25-11-20-12)9-21-6-5-16(22)18(10-21,17(23)24)8-13-3-2-4-14(19)7-13/h2-4,7,11,16,22H,5-6,8-10H2,1H3,(H,23,24)/t16-,18+/m0/s1. The highest BCUT2D eigenvalue weighted by atomic mass is 32.1. The number of benzene rings is 1. The van der Waals surface area contributed by atoms with E-state index in [1.54, 1.807) is 29.0 Å². The molecule has 0 bridgehead atoms. The molecule has 2 heterocycles. The maximum atomic E-state index is 13.5. The molecule has 0 radical (unpaired) electrons. The van der Waals surface area contributed by atoms with Gasteiger partial charge in [0.2, 0.25) is 0 Å². The van der Waals surface area contributed by atoms with Crippen molar-refractivity contribution in [3.05, 3.63) is 51.7 Å². The van der Waals surface area contributed by atoms with Crippen LogP contribution in [0.3, 0.4) is 0 Å². The first-order valence-electron chi connectivity index (χ1n) is 8.18. The number of aromatic nitrogens is 1. The SMILES string of the molecule is Cc1ncsc1CN1CC[C@H](O)[C@](Cc2cccc(F)c2)(C(=O)O)C1. The minimum atomic E-state index is -1.34. The average molecular weight is 364 g/mol. The van der Waals surface area contributed by atoms with Gasteiger partial charge < -0.3 is 10.2 Å². The van der Waals surface area contributed by atoms with Crippen LogP contribution in [-0.2, 0) is 17.8 Å². The van der Waals surface area contributed by atoms with Crippen LogP contribution in [-0.4, -0.2) is 45.3 Å². The van der Waals surface area contributed by atoms with Crippen molar-refractivity contribution in [2.45, 2.75) is 32.4 Å². The van der Waals surface area contributed by atoms with Crippen molar-refractivity contribution >= 4 is 17.3 Å². The fourth-order valence-corrected chi connectivity index (χ4v) is 4.27. The van der Waals surface area contributed by atoms with Gasteiger partial charge in [0.05, 0.1) is 17.3 Å². The molecule has 1 fully saturated rings. The van der Waals surface area contributed by atoms with Crippen molar-refractivity contribution in [1.82, 2.24) is 9.88 Å². The Bertz CT molecular complexity index is 766. The topological polar surface area (TPSA) is 73.7 Å². The maximum absolute atomic E-state index is 13.5. The van der Waals surface area contributed by atoms with E-state index in [0.717, 1.165) is 10.6 Å². The zero-order valence-corrected chi connectivity index (χ0v) is 14.8. The lowest BCUT2D eigenvalue weighted by Gasteiger charge is -2.43. The monoisotopic (exact) mass is 364 g/mol. The Morgan fingerprint density at radius 3 is 2.96 bits per heavy atom. The van der Waals surface area contributed by atoms with Crippen LogP contribution < -0.4 is 0 Å². The van der Waals surface area contributed by atoms with Crippen molar-refractivity contribution in [3.63, 3.8) is 0 Å². The molecule has 25 heavy (non-hydrogen) atoms. The molecule has 1 saturated heterocycles. The highest BCUT2D eigenvalue weighted by Gasteiger charge is 2.49. The van der Waals surface area contributed by atoms with Gasteiger partial charge in [-0.1, -0.05) is 12.1 Å². The first-order chi connectivity index (χ1) is 11.9. The molecule has 0 spiro atoms. The molecule has 2 aromatic rings. The van der Waals surface area contributed by atoms with Crippen molar-refractivity contribution in [3.8, 4) is 0 Å². The van der Waals surface area contributed by atoms with Crippen molar-refractivity contribution in [1.29, 1.82) is 0 Å². The minimum absolute atomic E-state index is 0.0967. The summed E-state index contributed by atoms with van der Waals surface area (Å²) in [6, 6.07) is 5.93. The Morgan fingerprint density at radius 1 is 1.52 bits per heavy atom. The fourth-order valence-electron chi connectivity index (χ4n) is 3.45. The number of aryl methyl sites for hydroxylation is 1. The van der Waals surface area contributed by atoms with Gasteiger partial charge >= 0.3 is 5.97 Å². The van der Waals surface area contributed by atoms with E-state index in [4.69, 9.17) is 0 Å². The molecule has 0 saturated carbocycles. The Kier molecular flexibility index (Phi) is 5.17. The summed E-state index contributed by atoms with van der Waals surface area (Å²) in [5.41, 5.74) is 1.96. The second-order valence-electron chi connectivity index (χ2n) is 6.64. The minimum Gasteiger partial charge on any atom is -0.481 e. The second kappa shape index (κ2) is 7.19. The van der Waals surface area contributed by atoms with E-state index in [9.17, 15) is 19.4 Å². The predicted molar refractivity (Wildman–Crippen MR) is 92.9 cm³/mol.